The highest BCUT2D eigenvalue weighted by molar-refractivity contribution is 9.10. The molecule has 6 heteroatoms. The van der Waals surface area contributed by atoms with Crippen molar-refractivity contribution in [2.45, 2.75) is 25.7 Å². The van der Waals surface area contributed by atoms with E-state index in [1.165, 1.54) is 16.9 Å². The van der Waals surface area contributed by atoms with E-state index in [1.54, 1.807) is 18.4 Å². The molecule has 0 aliphatic heterocycles. The van der Waals surface area contributed by atoms with Gasteiger partial charge in [-0.3, -0.25) is 4.79 Å². The lowest BCUT2D eigenvalue weighted by molar-refractivity contribution is 0.412. The van der Waals surface area contributed by atoms with Gasteiger partial charge in [0.2, 0.25) is 0 Å². The number of aromatic nitrogens is 2. The molecule has 0 saturated carbocycles. The van der Waals surface area contributed by atoms with Crippen LogP contribution in [-0.4, -0.2) is 17.1 Å². The van der Waals surface area contributed by atoms with Gasteiger partial charge in [0.25, 0.3) is 5.56 Å². The molecule has 0 unspecified atom stereocenters. The zero-order valence-electron chi connectivity index (χ0n) is 12.6. The van der Waals surface area contributed by atoms with Gasteiger partial charge in [0.15, 0.2) is 0 Å². The largest absolute Gasteiger partial charge is 0.496 e. The zero-order valence-corrected chi connectivity index (χ0v) is 15.0. The summed E-state index contributed by atoms with van der Waals surface area (Å²) in [6.07, 6.45) is 4.42. The maximum Gasteiger partial charge on any atom is 0.260 e. The Morgan fingerprint density at radius 2 is 2.13 bits per heavy atom. The van der Waals surface area contributed by atoms with Gasteiger partial charge < -0.3 is 9.72 Å². The zero-order chi connectivity index (χ0) is 16.0. The lowest BCUT2D eigenvalue weighted by Gasteiger charge is -2.09. The number of hydrogen-bond donors (Lipinski definition) is 1. The first kappa shape index (κ1) is 14.9. The molecule has 1 aliphatic carbocycles. The first-order chi connectivity index (χ1) is 11.2. The first-order valence-corrected chi connectivity index (χ1v) is 9.17. The summed E-state index contributed by atoms with van der Waals surface area (Å²) in [5.41, 5.74) is 2.05. The predicted molar refractivity (Wildman–Crippen MR) is 96.6 cm³/mol. The number of hydrogen-bond acceptors (Lipinski definition) is 4. The summed E-state index contributed by atoms with van der Waals surface area (Å²) in [6.45, 7) is 0. The molecular formula is C17H15BrN2O2S. The van der Waals surface area contributed by atoms with E-state index in [0.717, 1.165) is 45.3 Å². The van der Waals surface area contributed by atoms with Crippen molar-refractivity contribution in [2.75, 3.05) is 7.11 Å². The summed E-state index contributed by atoms with van der Waals surface area (Å²) in [4.78, 5) is 22.4. The minimum absolute atomic E-state index is 0.0312. The number of methoxy groups -OCH3 is 1. The normalized spacial score (nSPS) is 14.0. The topological polar surface area (TPSA) is 55.0 Å². The molecule has 23 heavy (non-hydrogen) atoms. The highest BCUT2D eigenvalue weighted by Gasteiger charge is 2.20. The minimum Gasteiger partial charge on any atom is -0.496 e. The smallest absolute Gasteiger partial charge is 0.260 e. The van der Waals surface area contributed by atoms with Crippen LogP contribution >= 0.6 is 27.3 Å². The molecule has 0 fully saturated rings. The second-order valence-electron chi connectivity index (χ2n) is 5.65. The summed E-state index contributed by atoms with van der Waals surface area (Å²) < 4.78 is 6.09. The Balaban J connectivity index is 1.89. The van der Waals surface area contributed by atoms with Crippen LogP contribution < -0.4 is 10.3 Å². The highest BCUT2D eigenvalue weighted by atomic mass is 79.9. The Labute approximate surface area is 145 Å². The van der Waals surface area contributed by atoms with E-state index in [0.29, 0.717) is 5.82 Å². The number of nitrogens with one attached hydrogen (secondary N) is 1. The van der Waals surface area contributed by atoms with E-state index < -0.39 is 0 Å². The van der Waals surface area contributed by atoms with Crippen LogP contribution in [0.1, 0.15) is 23.3 Å². The van der Waals surface area contributed by atoms with Crippen LogP contribution in [0, 0.1) is 0 Å². The van der Waals surface area contributed by atoms with Gasteiger partial charge in [-0.25, -0.2) is 4.98 Å². The molecule has 1 aliphatic rings. The van der Waals surface area contributed by atoms with Gasteiger partial charge in [-0.1, -0.05) is 0 Å². The highest BCUT2D eigenvalue weighted by Crippen LogP contribution is 2.35. The monoisotopic (exact) mass is 390 g/mol. The fourth-order valence-electron chi connectivity index (χ4n) is 3.11. The van der Waals surface area contributed by atoms with Gasteiger partial charge in [-0.2, -0.15) is 0 Å². The third-order valence-electron chi connectivity index (χ3n) is 4.25. The van der Waals surface area contributed by atoms with Crippen LogP contribution in [0.15, 0.2) is 27.5 Å². The third kappa shape index (κ3) is 2.50. The molecule has 2 heterocycles. The summed E-state index contributed by atoms with van der Waals surface area (Å²) >= 11 is 5.14. The summed E-state index contributed by atoms with van der Waals surface area (Å²) in [7, 11) is 1.63. The number of aryl methyl sites for hydroxylation is 2. The van der Waals surface area contributed by atoms with Crippen molar-refractivity contribution in [3.8, 4) is 17.1 Å². The number of H-pyrrole nitrogens is 1. The Bertz CT molecular complexity index is 961. The van der Waals surface area contributed by atoms with Crippen LogP contribution in [0.25, 0.3) is 21.6 Å². The van der Waals surface area contributed by atoms with E-state index in [-0.39, 0.29) is 5.56 Å². The maximum atomic E-state index is 12.6. The SMILES string of the molecule is COc1ccc(-c2nc3sc4c(c3c(=O)[nH]2)CCCC4)cc1Br. The van der Waals surface area contributed by atoms with Crippen LogP contribution in [0.4, 0.5) is 0 Å². The molecule has 3 aromatic rings. The first-order valence-electron chi connectivity index (χ1n) is 7.56. The van der Waals surface area contributed by atoms with Crippen molar-refractivity contribution < 1.29 is 4.74 Å². The van der Waals surface area contributed by atoms with E-state index in [1.807, 2.05) is 18.2 Å². The van der Waals surface area contributed by atoms with Crippen LogP contribution in [0.2, 0.25) is 0 Å². The molecule has 0 bridgehead atoms. The molecule has 4 nitrogen and oxygen atoms in total. The van der Waals surface area contributed by atoms with Gasteiger partial charge in [0.1, 0.15) is 16.4 Å². The molecular weight excluding hydrogens is 376 g/mol. The Hall–Kier alpha value is -1.66. The maximum absolute atomic E-state index is 12.6. The summed E-state index contributed by atoms with van der Waals surface area (Å²) in [5, 5.41) is 0.793. The van der Waals surface area contributed by atoms with Gasteiger partial charge in [-0.15, -0.1) is 11.3 Å². The van der Waals surface area contributed by atoms with Crippen molar-refractivity contribution >= 4 is 37.5 Å². The average molecular weight is 391 g/mol. The average Bonchev–Trinajstić information content (AvgIpc) is 2.93. The number of benzene rings is 1. The van der Waals surface area contributed by atoms with Crippen molar-refractivity contribution in [3.63, 3.8) is 0 Å². The van der Waals surface area contributed by atoms with Crippen LogP contribution in [-0.2, 0) is 12.8 Å². The predicted octanol–water partition coefficient (Wildman–Crippen LogP) is 4.30. The minimum atomic E-state index is -0.0312. The summed E-state index contributed by atoms with van der Waals surface area (Å²) in [5.74, 6) is 1.35. The van der Waals surface area contributed by atoms with Gasteiger partial charge >= 0.3 is 0 Å². The molecule has 0 spiro atoms. The van der Waals surface area contributed by atoms with Crippen molar-refractivity contribution in [1.82, 2.24) is 9.97 Å². The quantitative estimate of drug-likeness (QED) is 0.709. The van der Waals surface area contributed by atoms with Crippen molar-refractivity contribution in [2.24, 2.45) is 0 Å². The van der Waals surface area contributed by atoms with E-state index in [9.17, 15) is 4.79 Å². The second kappa shape index (κ2) is 5.76. The third-order valence-corrected chi connectivity index (χ3v) is 6.06. The summed E-state index contributed by atoms with van der Waals surface area (Å²) in [6, 6.07) is 5.68. The molecule has 118 valence electrons. The van der Waals surface area contributed by atoms with E-state index >= 15 is 0 Å². The molecule has 1 aromatic carbocycles. The molecule has 0 atom stereocenters. The van der Waals surface area contributed by atoms with E-state index in [2.05, 4.69) is 20.9 Å². The van der Waals surface area contributed by atoms with Gasteiger partial charge in [0, 0.05) is 10.4 Å². The molecule has 0 radical (unpaired) electrons. The molecule has 4 rings (SSSR count). The Morgan fingerprint density at radius 1 is 1.30 bits per heavy atom. The number of fused-ring (bicyclic) bond motifs is 3. The van der Waals surface area contributed by atoms with Crippen LogP contribution in [0.3, 0.4) is 0 Å². The number of halogens is 1. The Kier molecular flexibility index (Phi) is 3.73. The fraction of sp³-hybridized carbons (Fsp3) is 0.294. The lowest BCUT2D eigenvalue weighted by atomic mass is 9.97. The van der Waals surface area contributed by atoms with Gasteiger partial charge in [0.05, 0.1) is 17.0 Å². The number of ether oxygens (including phenoxy) is 1. The molecule has 0 amide bonds. The van der Waals surface area contributed by atoms with Crippen molar-refractivity contribution in [1.29, 1.82) is 0 Å². The van der Waals surface area contributed by atoms with Crippen molar-refractivity contribution in [3.05, 3.63) is 43.5 Å². The standard InChI is InChI=1S/C17H15BrN2O2S/c1-22-12-7-6-9(8-11(12)18)15-19-16(21)14-10-4-2-3-5-13(10)23-17(14)20-15/h6-8H,2-5H2,1H3,(H,19,20,21). The molecule has 1 N–H and O–H groups in total. The lowest BCUT2D eigenvalue weighted by Crippen LogP contribution is -2.11. The number of nitrogens with zero attached hydrogens (tertiary/aromatic N) is 1. The second-order valence-corrected chi connectivity index (χ2v) is 7.59. The number of aromatic amines is 1. The molecule has 0 saturated heterocycles. The van der Waals surface area contributed by atoms with Gasteiger partial charge in [-0.05, 0) is 65.4 Å². The molecule has 2 aromatic heterocycles. The Morgan fingerprint density at radius 3 is 2.91 bits per heavy atom. The van der Waals surface area contributed by atoms with Crippen LogP contribution in [0.5, 0.6) is 5.75 Å². The van der Waals surface area contributed by atoms with E-state index in [4.69, 9.17) is 9.72 Å². The number of rotatable bonds is 2. The fourth-order valence-corrected chi connectivity index (χ4v) is 4.92. The number of thiophene rings is 1.